The second-order valence-electron chi connectivity index (χ2n) is 12.8. The maximum absolute atomic E-state index is 7.02. The molecule has 42 heavy (non-hydrogen) atoms. The molecule has 226 valence electrons. The van der Waals surface area contributed by atoms with Gasteiger partial charge < -0.3 is 8.85 Å². The van der Waals surface area contributed by atoms with Gasteiger partial charge in [0, 0.05) is 0 Å². The van der Waals surface area contributed by atoms with Crippen LogP contribution in [0.3, 0.4) is 0 Å². The third-order valence-corrected chi connectivity index (χ3v) is 17.8. The minimum atomic E-state index is -2.54. The Kier molecular flexibility index (Phi) is 13.7. The Hall–Kier alpha value is -2.69. The van der Waals surface area contributed by atoms with E-state index in [1.165, 1.54) is 21.5 Å². The van der Waals surface area contributed by atoms with Gasteiger partial charge in [-0.1, -0.05) is 150 Å². The van der Waals surface area contributed by atoms with Crippen molar-refractivity contribution in [2.75, 3.05) is 6.61 Å². The molecule has 0 aliphatic rings. The van der Waals surface area contributed by atoms with E-state index < -0.39 is 16.6 Å². The van der Waals surface area contributed by atoms with E-state index in [0.29, 0.717) is 17.7 Å². The summed E-state index contributed by atoms with van der Waals surface area (Å²) in [7, 11) is -4.91. The SMILES string of the molecule is C=C[C@@H](O[Si](C#C/C=C/C/C(C)=C/CO[Si](c1ccccc1)(c1ccccc1)C(C)(C)C)(C(C)C)C(C)C)/C(C)=C/C. The van der Waals surface area contributed by atoms with Crippen molar-refractivity contribution in [2.24, 2.45) is 0 Å². The number of hydrogen-bond donors (Lipinski definition) is 0. The van der Waals surface area contributed by atoms with Crippen molar-refractivity contribution >= 4 is 27.0 Å². The molecule has 2 nitrogen and oxygen atoms in total. The first-order valence-electron chi connectivity index (χ1n) is 15.4. The molecule has 0 N–H and O–H groups in total. The Morgan fingerprint density at radius 1 is 0.905 bits per heavy atom. The van der Waals surface area contributed by atoms with Gasteiger partial charge in [0.2, 0.25) is 0 Å². The minimum absolute atomic E-state index is 0.0334. The molecule has 0 aromatic heterocycles. The highest BCUT2D eigenvalue weighted by atomic mass is 28.4. The van der Waals surface area contributed by atoms with Gasteiger partial charge in [-0.15, -0.1) is 6.58 Å². The van der Waals surface area contributed by atoms with E-state index in [-0.39, 0.29) is 11.1 Å². The van der Waals surface area contributed by atoms with Crippen molar-refractivity contribution in [3.8, 4) is 11.5 Å². The summed E-state index contributed by atoms with van der Waals surface area (Å²) in [5.41, 5.74) is 6.82. The molecule has 0 radical (unpaired) electrons. The van der Waals surface area contributed by atoms with Crippen LogP contribution in [0.25, 0.3) is 0 Å². The molecule has 0 bridgehead atoms. The van der Waals surface area contributed by atoms with Crippen molar-refractivity contribution in [3.05, 3.63) is 109 Å². The fourth-order valence-electron chi connectivity index (χ4n) is 5.57. The van der Waals surface area contributed by atoms with E-state index in [9.17, 15) is 0 Å². The number of benzene rings is 2. The lowest BCUT2D eigenvalue weighted by Gasteiger charge is -2.42. The third kappa shape index (κ3) is 8.67. The van der Waals surface area contributed by atoms with Gasteiger partial charge in [0.15, 0.2) is 0 Å². The maximum atomic E-state index is 7.02. The average Bonchev–Trinajstić information content (AvgIpc) is 2.96. The molecule has 2 aromatic rings. The molecule has 2 rings (SSSR count). The van der Waals surface area contributed by atoms with E-state index in [1.807, 2.05) is 19.1 Å². The monoisotopic (exact) mass is 598 g/mol. The summed E-state index contributed by atoms with van der Waals surface area (Å²) in [5.74, 6) is 3.37. The maximum Gasteiger partial charge on any atom is 0.278 e. The summed E-state index contributed by atoms with van der Waals surface area (Å²) >= 11 is 0. The average molecular weight is 599 g/mol. The van der Waals surface area contributed by atoms with Crippen LogP contribution in [0.2, 0.25) is 16.1 Å². The molecule has 0 amide bonds. The van der Waals surface area contributed by atoms with E-state index in [0.717, 1.165) is 6.42 Å². The van der Waals surface area contributed by atoms with Crippen molar-refractivity contribution in [1.29, 1.82) is 0 Å². The van der Waals surface area contributed by atoms with Crippen LogP contribution in [0, 0.1) is 11.5 Å². The molecule has 0 saturated heterocycles. The molecular formula is C38H54O2Si2. The largest absolute Gasteiger partial charge is 0.404 e. The lowest BCUT2D eigenvalue weighted by molar-refractivity contribution is 0.263. The Bertz CT molecular complexity index is 1220. The fourth-order valence-corrected chi connectivity index (χ4v) is 13.6. The molecule has 0 fully saturated rings. The van der Waals surface area contributed by atoms with Crippen molar-refractivity contribution in [1.82, 2.24) is 0 Å². The predicted octanol–water partition coefficient (Wildman–Crippen LogP) is 9.30. The molecular weight excluding hydrogens is 545 g/mol. The third-order valence-electron chi connectivity index (χ3n) is 8.21. The molecule has 4 heteroatoms. The van der Waals surface area contributed by atoms with Gasteiger partial charge in [-0.05, 0) is 65.3 Å². The Balaban J connectivity index is 2.25. The predicted molar refractivity (Wildman–Crippen MR) is 189 cm³/mol. The topological polar surface area (TPSA) is 18.5 Å². The Morgan fingerprint density at radius 2 is 1.43 bits per heavy atom. The van der Waals surface area contributed by atoms with Gasteiger partial charge in [-0.25, -0.2) is 0 Å². The fraction of sp³-hybridized carbons (Fsp3) is 0.421. The lowest BCUT2D eigenvalue weighted by atomic mass is 10.2. The van der Waals surface area contributed by atoms with Crippen LogP contribution in [-0.2, 0) is 8.85 Å². The Labute approximate surface area is 259 Å². The van der Waals surface area contributed by atoms with E-state index in [1.54, 1.807) is 0 Å². The highest BCUT2D eigenvalue weighted by molar-refractivity contribution is 6.99. The molecule has 0 spiro atoms. The molecule has 0 heterocycles. The molecule has 2 aromatic carbocycles. The Morgan fingerprint density at radius 3 is 1.86 bits per heavy atom. The van der Waals surface area contributed by atoms with Gasteiger partial charge in [0.05, 0.1) is 12.7 Å². The van der Waals surface area contributed by atoms with Crippen LogP contribution in [0.5, 0.6) is 0 Å². The molecule has 0 aliphatic carbocycles. The molecule has 0 unspecified atom stereocenters. The van der Waals surface area contributed by atoms with Crippen LogP contribution in [-0.4, -0.2) is 29.3 Å². The summed E-state index contributed by atoms with van der Waals surface area (Å²) < 4.78 is 13.8. The van der Waals surface area contributed by atoms with Crippen LogP contribution >= 0.6 is 0 Å². The van der Waals surface area contributed by atoms with Gasteiger partial charge in [0.1, 0.15) is 0 Å². The highest BCUT2D eigenvalue weighted by Gasteiger charge is 2.50. The van der Waals surface area contributed by atoms with Crippen molar-refractivity contribution in [3.63, 3.8) is 0 Å². The van der Waals surface area contributed by atoms with Crippen LogP contribution in [0.1, 0.15) is 75.7 Å². The summed E-state index contributed by atoms with van der Waals surface area (Å²) in [5, 5.41) is 2.57. The second kappa shape index (κ2) is 16.2. The first-order chi connectivity index (χ1) is 19.9. The standard InChI is InChI=1S/C38H54O2Si2/c1-12-34(8)37(13-2)40-41(31(3)4,32(5)6)30-22-16-17-23-33(7)28-29-39-42(38(9,10)11,35-24-18-14-19-25-35)36-26-20-15-21-27-36/h12-21,24-28,31-32,37H,2,23,29H2,1,3-11H3/b17-16+,33-28+,34-12+/t37-/m1/s1. The lowest BCUT2D eigenvalue weighted by Crippen LogP contribution is -2.66. The first kappa shape index (κ1) is 35.5. The van der Waals surface area contributed by atoms with Crippen LogP contribution in [0.4, 0.5) is 0 Å². The summed E-state index contributed by atoms with van der Waals surface area (Å²) in [6, 6.07) is 21.6. The van der Waals surface area contributed by atoms with Crippen molar-refractivity contribution < 1.29 is 8.85 Å². The number of rotatable bonds is 13. The van der Waals surface area contributed by atoms with Gasteiger partial charge in [-0.2, -0.15) is 0 Å². The minimum Gasteiger partial charge on any atom is -0.404 e. The smallest absolute Gasteiger partial charge is 0.278 e. The van der Waals surface area contributed by atoms with Crippen LogP contribution < -0.4 is 10.4 Å². The summed E-state index contributed by atoms with van der Waals surface area (Å²) in [6.45, 7) is 26.9. The van der Waals surface area contributed by atoms with Crippen molar-refractivity contribution in [2.45, 2.75) is 97.9 Å². The van der Waals surface area contributed by atoms with Gasteiger partial charge >= 0.3 is 0 Å². The molecule has 1 atom stereocenters. The van der Waals surface area contributed by atoms with E-state index in [2.05, 4.69) is 159 Å². The zero-order valence-electron chi connectivity index (χ0n) is 27.8. The zero-order valence-corrected chi connectivity index (χ0v) is 29.8. The summed E-state index contributed by atoms with van der Waals surface area (Å²) in [6.07, 6.45) is 11.1. The van der Waals surface area contributed by atoms with Crippen LogP contribution in [0.15, 0.2) is 109 Å². The highest BCUT2D eigenvalue weighted by Crippen LogP contribution is 2.37. The zero-order chi connectivity index (χ0) is 31.4. The number of allylic oxidation sites excluding steroid dienone is 4. The summed E-state index contributed by atoms with van der Waals surface area (Å²) in [4.78, 5) is 0. The van der Waals surface area contributed by atoms with Gasteiger partial charge in [-0.3, -0.25) is 0 Å². The quantitative estimate of drug-likeness (QED) is 0.130. The molecule has 0 saturated carbocycles. The van der Waals surface area contributed by atoms with E-state index >= 15 is 0 Å². The first-order valence-corrected chi connectivity index (χ1v) is 19.3. The number of hydrogen-bond acceptors (Lipinski definition) is 2. The van der Waals surface area contributed by atoms with Gasteiger partial charge in [0.25, 0.3) is 16.6 Å². The second-order valence-corrected chi connectivity index (χ2v) is 21.5. The normalized spacial score (nSPS) is 14.3. The van der Waals surface area contributed by atoms with E-state index in [4.69, 9.17) is 8.85 Å². The molecule has 0 aliphatic heterocycles.